The minimum Gasteiger partial charge on any atom is -0.355 e. The third-order valence-electron chi connectivity index (χ3n) is 3.89. The monoisotopic (exact) mass is 265 g/mol. The Balaban J connectivity index is 1.92. The van der Waals surface area contributed by atoms with Crippen LogP contribution in [0, 0.1) is 0 Å². The number of fused-ring (bicyclic) bond motifs is 1. The summed E-state index contributed by atoms with van der Waals surface area (Å²) in [6.07, 6.45) is 5.92. The van der Waals surface area contributed by atoms with Gasteiger partial charge in [-0.2, -0.15) is 0 Å². The van der Waals surface area contributed by atoms with Gasteiger partial charge in [-0.15, -0.1) is 0 Å². The average molecular weight is 266 g/mol. The summed E-state index contributed by atoms with van der Waals surface area (Å²) >= 11 is 6.42. The molecule has 2 aliphatic heterocycles. The van der Waals surface area contributed by atoms with Crippen LogP contribution >= 0.6 is 11.6 Å². The van der Waals surface area contributed by atoms with Crippen molar-refractivity contribution >= 4 is 17.4 Å². The smallest absolute Gasteiger partial charge is 0.147 e. The lowest BCUT2D eigenvalue weighted by Gasteiger charge is -2.29. The number of hydrogen-bond donors (Lipinski definition) is 1. The van der Waals surface area contributed by atoms with Gasteiger partial charge in [-0.25, -0.2) is 4.98 Å². The van der Waals surface area contributed by atoms with Crippen molar-refractivity contribution in [2.45, 2.75) is 32.1 Å². The Labute approximate surface area is 114 Å². The fraction of sp³-hybridized carbons (Fsp3) is 0.643. The van der Waals surface area contributed by atoms with Gasteiger partial charge >= 0.3 is 0 Å². The molecule has 1 fully saturated rings. The number of pyridine rings is 1. The number of hydrogen-bond acceptors (Lipinski definition) is 3. The lowest BCUT2D eigenvalue weighted by Crippen LogP contribution is -2.30. The van der Waals surface area contributed by atoms with Crippen molar-refractivity contribution in [2.75, 3.05) is 31.1 Å². The topological polar surface area (TPSA) is 28.2 Å². The van der Waals surface area contributed by atoms with Gasteiger partial charge in [0.05, 0.1) is 5.02 Å². The number of anilines is 1. The van der Waals surface area contributed by atoms with Gasteiger partial charge in [-0.05, 0) is 43.9 Å². The highest BCUT2D eigenvalue weighted by Gasteiger charge is 2.18. The van der Waals surface area contributed by atoms with Gasteiger partial charge in [0.2, 0.25) is 0 Å². The summed E-state index contributed by atoms with van der Waals surface area (Å²) in [6.45, 7) is 4.27. The van der Waals surface area contributed by atoms with E-state index in [2.05, 4.69) is 16.3 Å². The molecular formula is C14H20ClN3. The van der Waals surface area contributed by atoms with Gasteiger partial charge in [0.1, 0.15) is 5.82 Å². The summed E-state index contributed by atoms with van der Waals surface area (Å²) < 4.78 is 0. The first-order valence-corrected chi connectivity index (χ1v) is 7.36. The van der Waals surface area contributed by atoms with Crippen molar-refractivity contribution in [1.29, 1.82) is 0 Å². The van der Waals surface area contributed by atoms with Crippen molar-refractivity contribution < 1.29 is 0 Å². The van der Waals surface area contributed by atoms with Crippen LogP contribution < -0.4 is 10.2 Å². The predicted molar refractivity (Wildman–Crippen MR) is 75.6 cm³/mol. The molecule has 0 saturated carbocycles. The van der Waals surface area contributed by atoms with E-state index in [1.54, 1.807) is 0 Å². The highest BCUT2D eigenvalue weighted by atomic mass is 35.5. The molecule has 1 aromatic heterocycles. The fourth-order valence-corrected chi connectivity index (χ4v) is 3.16. The highest BCUT2D eigenvalue weighted by molar-refractivity contribution is 6.33. The van der Waals surface area contributed by atoms with Gasteiger partial charge in [0, 0.05) is 31.7 Å². The molecule has 1 saturated heterocycles. The van der Waals surface area contributed by atoms with Crippen LogP contribution in [0.1, 0.15) is 30.5 Å². The molecule has 2 aliphatic rings. The van der Waals surface area contributed by atoms with Gasteiger partial charge in [-0.1, -0.05) is 11.6 Å². The molecule has 0 unspecified atom stereocenters. The zero-order valence-electron chi connectivity index (χ0n) is 10.7. The Morgan fingerprint density at radius 1 is 1.11 bits per heavy atom. The van der Waals surface area contributed by atoms with Crippen LogP contribution in [-0.2, 0) is 12.8 Å². The zero-order chi connectivity index (χ0) is 12.4. The largest absolute Gasteiger partial charge is 0.355 e. The number of aromatic nitrogens is 1. The lowest BCUT2D eigenvalue weighted by atomic mass is 10.1. The van der Waals surface area contributed by atoms with E-state index in [0.29, 0.717) is 0 Å². The predicted octanol–water partition coefficient (Wildman–Crippen LogP) is 2.41. The molecule has 0 amide bonds. The maximum absolute atomic E-state index is 6.42. The number of nitrogens with zero attached hydrogens (tertiary/aromatic N) is 2. The van der Waals surface area contributed by atoms with E-state index in [9.17, 15) is 0 Å². The van der Waals surface area contributed by atoms with E-state index in [4.69, 9.17) is 16.6 Å². The van der Waals surface area contributed by atoms with Crippen LogP contribution in [0.5, 0.6) is 0 Å². The molecule has 4 heteroatoms. The minimum absolute atomic E-state index is 0.831. The average Bonchev–Trinajstić information content (AvgIpc) is 2.63. The minimum atomic E-state index is 0.831. The molecule has 0 aliphatic carbocycles. The SMILES string of the molecule is Clc1cc2c(nc1N1CCCCC1)CCNCC2. The third kappa shape index (κ3) is 2.47. The number of halogens is 1. The third-order valence-corrected chi connectivity index (χ3v) is 4.17. The molecule has 0 radical (unpaired) electrons. The van der Waals surface area contributed by atoms with Gasteiger partial charge in [-0.3, -0.25) is 0 Å². The number of rotatable bonds is 1. The first-order chi connectivity index (χ1) is 8.84. The number of nitrogens with one attached hydrogen (secondary N) is 1. The molecule has 0 bridgehead atoms. The van der Waals surface area contributed by atoms with E-state index < -0.39 is 0 Å². The van der Waals surface area contributed by atoms with Crippen molar-refractivity contribution in [2.24, 2.45) is 0 Å². The Bertz CT molecular complexity index is 427. The van der Waals surface area contributed by atoms with Crippen LogP contribution in [0.4, 0.5) is 5.82 Å². The summed E-state index contributed by atoms with van der Waals surface area (Å²) in [5.74, 6) is 1.01. The van der Waals surface area contributed by atoms with Gasteiger partial charge < -0.3 is 10.2 Å². The summed E-state index contributed by atoms with van der Waals surface area (Å²) in [7, 11) is 0. The second-order valence-corrected chi connectivity index (χ2v) is 5.60. The van der Waals surface area contributed by atoms with Crippen molar-refractivity contribution in [1.82, 2.24) is 10.3 Å². The first kappa shape index (κ1) is 12.2. The van der Waals surface area contributed by atoms with Crippen LogP contribution in [0.15, 0.2) is 6.07 Å². The van der Waals surface area contributed by atoms with E-state index in [0.717, 1.165) is 49.9 Å². The van der Waals surface area contributed by atoms with Crippen molar-refractivity contribution in [3.05, 3.63) is 22.3 Å². The normalized spacial score (nSPS) is 20.4. The van der Waals surface area contributed by atoms with E-state index in [1.165, 1.54) is 30.5 Å². The molecule has 18 heavy (non-hydrogen) atoms. The maximum Gasteiger partial charge on any atom is 0.147 e. The molecule has 1 aromatic rings. The van der Waals surface area contributed by atoms with Gasteiger partial charge in [0.25, 0.3) is 0 Å². The lowest BCUT2D eigenvalue weighted by molar-refractivity contribution is 0.572. The Kier molecular flexibility index (Phi) is 3.71. The fourth-order valence-electron chi connectivity index (χ4n) is 2.87. The van der Waals surface area contributed by atoms with Crippen molar-refractivity contribution in [3.63, 3.8) is 0 Å². The Hall–Kier alpha value is -0.800. The molecule has 98 valence electrons. The van der Waals surface area contributed by atoms with E-state index in [-0.39, 0.29) is 0 Å². The summed E-state index contributed by atoms with van der Waals surface area (Å²) in [4.78, 5) is 7.20. The van der Waals surface area contributed by atoms with Gasteiger partial charge in [0.15, 0.2) is 0 Å². The second-order valence-electron chi connectivity index (χ2n) is 5.20. The Morgan fingerprint density at radius 2 is 1.89 bits per heavy atom. The summed E-state index contributed by atoms with van der Waals surface area (Å²) in [5, 5.41) is 4.25. The summed E-state index contributed by atoms with van der Waals surface area (Å²) in [5.41, 5.74) is 2.57. The standard InChI is InChI=1S/C14H20ClN3/c15-12-10-11-4-6-16-7-5-13(11)17-14(12)18-8-2-1-3-9-18/h10,16H,1-9H2. The van der Waals surface area contributed by atoms with Crippen molar-refractivity contribution in [3.8, 4) is 0 Å². The molecule has 1 N–H and O–H groups in total. The molecule has 3 heterocycles. The van der Waals surface area contributed by atoms with Crippen LogP contribution in [0.25, 0.3) is 0 Å². The first-order valence-electron chi connectivity index (χ1n) is 6.98. The molecule has 3 rings (SSSR count). The molecule has 0 aromatic carbocycles. The van der Waals surface area contributed by atoms with Crippen LogP contribution in [0.2, 0.25) is 5.02 Å². The van der Waals surface area contributed by atoms with Crippen LogP contribution in [-0.4, -0.2) is 31.2 Å². The second kappa shape index (κ2) is 5.45. The highest BCUT2D eigenvalue weighted by Crippen LogP contribution is 2.29. The Morgan fingerprint density at radius 3 is 2.72 bits per heavy atom. The molecule has 3 nitrogen and oxygen atoms in total. The number of piperidine rings is 1. The molecule has 0 spiro atoms. The zero-order valence-corrected chi connectivity index (χ0v) is 11.5. The van der Waals surface area contributed by atoms with Crippen LogP contribution in [0.3, 0.4) is 0 Å². The quantitative estimate of drug-likeness (QED) is 0.845. The maximum atomic E-state index is 6.42. The molecular weight excluding hydrogens is 246 g/mol. The summed E-state index contributed by atoms with van der Waals surface area (Å²) in [6, 6.07) is 2.14. The van der Waals surface area contributed by atoms with E-state index >= 15 is 0 Å². The molecule has 0 atom stereocenters. The van der Waals surface area contributed by atoms with E-state index in [1.807, 2.05) is 0 Å².